The lowest BCUT2D eigenvalue weighted by Crippen LogP contribution is -2.42. The Morgan fingerprint density at radius 2 is 2.04 bits per heavy atom. The Kier molecular flexibility index (Phi) is 4.76. The topological polar surface area (TPSA) is 66.5 Å². The van der Waals surface area contributed by atoms with Crippen molar-refractivity contribution in [1.29, 1.82) is 0 Å². The van der Waals surface area contributed by atoms with Gasteiger partial charge >= 0.3 is 0 Å². The molecule has 1 atom stereocenters. The highest BCUT2D eigenvalue weighted by atomic mass is 32.2. The molecule has 1 unspecified atom stereocenters. The van der Waals surface area contributed by atoms with E-state index < -0.39 is 16.1 Å². The Balaban J connectivity index is 1.80. The number of thiophene rings is 1. The van der Waals surface area contributed by atoms with Crippen LogP contribution in [0.1, 0.15) is 24.0 Å². The third-order valence-electron chi connectivity index (χ3n) is 4.34. The van der Waals surface area contributed by atoms with Crippen molar-refractivity contribution in [3.63, 3.8) is 0 Å². The van der Waals surface area contributed by atoms with E-state index in [0.29, 0.717) is 25.1 Å². The van der Waals surface area contributed by atoms with Gasteiger partial charge in [0, 0.05) is 12.2 Å². The van der Waals surface area contributed by atoms with Crippen molar-refractivity contribution in [2.45, 2.75) is 36.9 Å². The second-order valence-electron chi connectivity index (χ2n) is 5.99. The highest BCUT2D eigenvalue weighted by molar-refractivity contribution is 7.91. The van der Waals surface area contributed by atoms with Crippen LogP contribution in [0.4, 0.5) is 5.69 Å². The number of rotatable bonds is 4. The van der Waals surface area contributed by atoms with Gasteiger partial charge < -0.3 is 5.32 Å². The van der Waals surface area contributed by atoms with E-state index >= 15 is 0 Å². The van der Waals surface area contributed by atoms with Gasteiger partial charge in [0.2, 0.25) is 5.91 Å². The van der Waals surface area contributed by atoms with Crippen molar-refractivity contribution < 1.29 is 13.2 Å². The highest BCUT2D eigenvalue weighted by Crippen LogP contribution is 2.29. The van der Waals surface area contributed by atoms with Gasteiger partial charge in [-0.05, 0) is 61.4 Å². The number of hydrogen-bond acceptors (Lipinski definition) is 4. The van der Waals surface area contributed by atoms with E-state index in [2.05, 4.69) is 5.32 Å². The van der Waals surface area contributed by atoms with E-state index in [9.17, 15) is 13.2 Å². The molecule has 1 aliphatic rings. The maximum atomic E-state index is 12.7. The molecule has 2 heterocycles. The van der Waals surface area contributed by atoms with Gasteiger partial charge in [0.25, 0.3) is 10.0 Å². The number of sulfonamides is 1. The summed E-state index contributed by atoms with van der Waals surface area (Å²) in [7, 11) is -3.61. The molecule has 3 rings (SSSR count). The summed E-state index contributed by atoms with van der Waals surface area (Å²) in [6, 6.07) is 8.32. The molecule has 128 valence electrons. The lowest BCUT2D eigenvalue weighted by Gasteiger charge is -2.22. The molecule has 7 heteroatoms. The molecule has 1 fully saturated rings. The number of amides is 1. The average molecular weight is 364 g/mol. The lowest BCUT2D eigenvalue weighted by molar-refractivity contribution is -0.119. The largest absolute Gasteiger partial charge is 0.325 e. The third-order valence-corrected chi connectivity index (χ3v) is 7.62. The van der Waals surface area contributed by atoms with E-state index in [0.717, 1.165) is 11.1 Å². The number of nitrogens with zero attached hydrogens (tertiary/aromatic N) is 1. The van der Waals surface area contributed by atoms with Crippen LogP contribution in [-0.2, 0) is 14.8 Å². The number of hydrogen-bond donors (Lipinski definition) is 1. The molecule has 1 N–H and O–H groups in total. The summed E-state index contributed by atoms with van der Waals surface area (Å²) in [5.74, 6) is -0.268. The zero-order chi connectivity index (χ0) is 17.3. The quantitative estimate of drug-likeness (QED) is 0.906. The second kappa shape index (κ2) is 6.66. The zero-order valence-electron chi connectivity index (χ0n) is 13.7. The summed E-state index contributed by atoms with van der Waals surface area (Å²) < 4.78 is 27.1. The van der Waals surface area contributed by atoms with Gasteiger partial charge in [-0.3, -0.25) is 4.79 Å². The van der Waals surface area contributed by atoms with Crippen molar-refractivity contribution in [3.05, 3.63) is 46.8 Å². The molecule has 5 nitrogen and oxygen atoms in total. The Morgan fingerprint density at radius 1 is 1.25 bits per heavy atom. The van der Waals surface area contributed by atoms with Gasteiger partial charge in [-0.1, -0.05) is 12.1 Å². The van der Waals surface area contributed by atoms with Crippen molar-refractivity contribution >= 4 is 33.0 Å². The normalized spacial score (nSPS) is 18.7. The van der Waals surface area contributed by atoms with E-state index in [4.69, 9.17) is 0 Å². The van der Waals surface area contributed by atoms with Crippen molar-refractivity contribution in [2.24, 2.45) is 0 Å². The van der Waals surface area contributed by atoms with Crippen LogP contribution >= 0.6 is 11.3 Å². The van der Waals surface area contributed by atoms with Crippen LogP contribution < -0.4 is 5.32 Å². The third kappa shape index (κ3) is 3.24. The predicted octanol–water partition coefficient (Wildman–Crippen LogP) is 3.16. The van der Waals surface area contributed by atoms with Gasteiger partial charge in [-0.2, -0.15) is 4.31 Å². The molecule has 1 saturated heterocycles. The smallest absolute Gasteiger partial charge is 0.253 e. The first-order chi connectivity index (χ1) is 11.4. The molecule has 24 heavy (non-hydrogen) atoms. The van der Waals surface area contributed by atoms with E-state index in [-0.39, 0.29) is 10.1 Å². The molecule has 0 bridgehead atoms. The maximum absolute atomic E-state index is 12.7. The van der Waals surface area contributed by atoms with Crippen LogP contribution in [0.15, 0.2) is 39.9 Å². The zero-order valence-corrected chi connectivity index (χ0v) is 15.3. The van der Waals surface area contributed by atoms with Crippen molar-refractivity contribution in [1.82, 2.24) is 4.31 Å². The molecule has 0 radical (unpaired) electrons. The monoisotopic (exact) mass is 364 g/mol. The maximum Gasteiger partial charge on any atom is 0.253 e. The Hall–Kier alpha value is -1.70. The van der Waals surface area contributed by atoms with Crippen LogP contribution in [0.25, 0.3) is 0 Å². The van der Waals surface area contributed by atoms with Crippen LogP contribution in [-0.4, -0.2) is 31.2 Å². The summed E-state index contributed by atoms with van der Waals surface area (Å²) in [4.78, 5) is 12.6. The van der Waals surface area contributed by atoms with Gasteiger partial charge in [0.1, 0.15) is 10.3 Å². The first kappa shape index (κ1) is 17.1. The lowest BCUT2D eigenvalue weighted by atomic mass is 10.1. The number of carbonyl (C=O) groups excluding carboxylic acids is 1. The summed E-state index contributed by atoms with van der Waals surface area (Å²) in [5, 5.41) is 4.59. The molecule has 1 aliphatic heterocycles. The highest BCUT2D eigenvalue weighted by Gasteiger charge is 2.39. The SMILES string of the molecule is Cc1ccc(NC(=O)C2CCCN2S(=O)(=O)c2cccs2)cc1C. The summed E-state index contributed by atoms with van der Waals surface area (Å²) in [6.07, 6.45) is 1.23. The van der Waals surface area contributed by atoms with Crippen LogP contribution in [0.2, 0.25) is 0 Å². The number of nitrogens with one attached hydrogen (secondary N) is 1. The first-order valence-electron chi connectivity index (χ1n) is 7.83. The Bertz CT molecular complexity index is 845. The van der Waals surface area contributed by atoms with Gasteiger partial charge in [0.05, 0.1) is 0 Å². The second-order valence-corrected chi connectivity index (χ2v) is 9.06. The minimum atomic E-state index is -3.61. The fraction of sp³-hybridized carbons (Fsp3) is 0.353. The fourth-order valence-electron chi connectivity index (χ4n) is 2.86. The number of anilines is 1. The molecule has 0 aliphatic carbocycles. The fourth-order valence-corrected chi connectivity index (χ4v) is 5.64. The average Bonchev–Trinajstić information content (AvgIpc) is 3.22. The Labute approximate surface area is 146 Å². The molecule has 1 aromatic heterocycles. The van der Waals surface area contributed by atoms with E-state index in [1.165, 1.54) is 15.6 Å². The number of aryl methyl sites for hydroxylation is 2. The summed E-state index contributed by atoms with van der Waals surface area (Å²) >= 11 is 1.18. The first-order valence-corrected chi connectivity index (χ1v) is 10.1. The van der Waals surface area contributed by atoms with Crippen molar-refractivity contribution in [3.8, 4) is 0 Å². The molecular formula is C17H20N2O3S2. The minimum Gasteiger partial charge on any atom is -0.325 e. The summed E-state index contributed by atoms with van der Waals surface area (Å²) in [6.45, 7) is 4.37. The van der Waals surface area contributed by atoms with Gasteiger partial charge in [-0.15, -0.1) is 11.3 Å². The van der Waals surface area contributed by atoms with Crippen LogP contribution in [0.3, 0.4) is 0 Å². The van der Waals surface area contributed by atoms with Crippen LogP contribution in [0, 0.1) is 13.8 Å². The molecule has 2 aromatic rings. The number of benzene rings is 1. The van der Waals surface area contributed by atoms with Crippen molar-refractivity contribution in [2.75, 3.05) is 11.9 Å². The summed E-state index contributed by atoms with van der Waals surface area (Å²) in [5.41, 5.74) is 2.93. The Morgan fingerprint density at radius 3 is 2.71 bits per heavy atom. The number of carbonyl (C=O) groups is 1. The predicted molar refractivity (Wildman–Crippen MR) is 95.8 cm³/mol. The molecule has 1 amide bonds. The molecular weight excluding hydrogens is 344 g/mol. The molecule has 1 aromatic carbocycles. The van der Waals surface area contributed by atoms with Gasteiger partial charge in [0.15, 0.2) is 0 Å². The minimum absolute atomic E-state index is 0.268. The van der Waals surface area contributed by atoms with E-state index in [1.807, 2.05) is 32.0 Å². The molecule has 0 spiro atoms. The van der Waals surface area contributed by atoms with E-state index in [1.54, 1.807) is 17.5 Å². The van der Waals surface area contributed by atoms with Gasteiger partial charge in [-0.25, -0.2) is 8.42 Å². The molecule has 0 saturated carbocycles. The van der Waals surface area contributed by atoms with Crippen LogP contribution in [0.5, 0.6) is 0 Å². The standard InChI is InChI=1S/C17H20N2O3S2/c1-12-7-8-14(11-13(12)2)18-17(20)15-5-3-9-19(15)24(21,22)16-6-4-10-23-16/h4,6-8,10-11,15H,3,5,9H2,1-2H3,(H,18,20).